The lowest BCUT2D eigenvalue weighted by Crippen LogP contribution is -2.43. The second-order valence-electron chi connectivity index (χ2n) is 4.36. The van der Waals surface area contributed by atoms with Crippen molar-refractivity contribution in [2.24, 2.45) is 11.7 Å². The zero-order valence-corrected chi connectivity index (χ0v) is 10.5. The number of hydrogen-bond donors (Lipinski definition) is 1. The molecule has 1 aromatic rings. The minimum atomic E-state index is 0.0755. The lowest BCUT2D eigenvalue weighted by molar-refractivity contribution is 0.0703. The van der Waals surface area contributed by atoms with E-state index in [0.717, 1.165) is 24.9 Å². The molecule has 0 aromatic heterocycles. The van der Waals surface area contributed by atoms with E-state index in [2.05, 4.69) is 0 Å². The van der Waals surface area contributed by atoms with Crippen LogP contribution in [0.2, 0.25) is 0 Å². The van der Waals surface area contributed by atoms with E-state index >= 15 is 0 Å². The van der Waals surface area contributed by atoms with Crippen molar-refractivity contribution in [2.75, 3.05) is 13.1 Å². The maximum atomic E-state index is 12.2. The molecule has 1 atom stereocenters. The first-order chi connectivity index (χ1) is 8.18. The summed E-state index contributed by atoms with van der Waals surface area (Å²) in [5.41, 5.74) is 6.39. The van der Waals surface area contributed by atoms with Crippen molar-refractivity contribution in [3.05, 3.63) is 35.9 Å². The van der Waals surface area contributed by atoms with Crippen LogP contribution in [0.15, 0.2) is 30.3 Å². The number of nitrogens with zero attached hydrogens (tertiary/aromatic N) is 1. The Morgan fingerprint density at radius 2 is 2.06 bits per heavy atom. The summed E-state index contributed by atoms with van der Waals surface area (Å²) in [6, 6.07) is 9.34. The maximum absolute atomic E-state index is 12.2. The molecule has 0 spiro atoms. The van der Waals surface area contributed by atoms with Gasteiger partial charge in [-0.25, -0.2) is 0 Å². The van der Waals surface area contributed by atoms with Crippen molar-refractivity contribution in [1.29, 1.82) is 0 Å². The highest BCUT2D eigenvalue weighted by Gasteiger charge is 2.25. The van der Waals surface area contributed by atoms with Gasteiger partial charge < -0.3 is 10.6 Å². The van der Waals surface area contributed by atoms with Crippen LogP contribution in [0.4, 0.5) is 0 Å². The third kappa shape index (κ3) is 2.82. The molecule has 1 aromatic carbocycles. The number of carbonyl (C=O) groups is 1. The number of likely N-dealkylation sites (tertiary alicyclic amines) is 1. The van der Waals surface area contributed by atoms with Crippen molar-refractivity contribution in [1.82, 2.24) is 4.90 Å². The van der Waals surface area contributed by atoms with Crippen LogP contribution in [-0.2, 0) is 0 Å². The van der Waals surface area contributed by atoms with Crippen molar-refractivity contribution < 1.29 is 4.79 Å². The summed E-state index contributed by atoms with van der Waals surface area (Å²) in [6.07, 6.45) is 1.97. The predicted octanol–water partition coefficient (Wildman–Crippen LogP) is 1.82. The van der Waals surface area contributed by atoms with Crippen LogP contribution in [0.25, 0.3) is 0 Å². The van der Waals surface area contributed by atoms with Gasteiger partial charge in [0, 0.05) is 24.6 Å². The van der Waals surface area contributed by atoms with Gasteiger partial charge in [-0.05, 0) is 25.0 Å². The highest BCUT2D eigenvalue weighted by molar-refractivity contribution is 7.80. The predicted molar refractivity (Wildman–Crippen MR) is 71.9 cm³/mol. The van der Waals surface area contributed by atoms with Crippen LogP contribution in [0, 0.1) is 5.92 Å². The number of amides is 1. The number of benzene rings is 1. The Kier molecular flexibility index (Phi) is 3.74. The van der Waals surface area contributed by atoms with Crippen molar-refractivity contribution in [3.63, 3.8) is 0 Å². The van der Waals surface area contributed by atoms with Gasteiger partial charge in [-0.2, -0.15) is 0 Å². The van der Waals surface area contributed by atoms with Gasteiger partial charge in [-0.1, -0.05) is 30.4 Å². The molecule has 3 nitrogen and oxygen atoms in total. The van der Waals surface area contributed by atoms with Gasteiger partial charge in [0.1, 0.15) is 0 Å². The van der Waals surface area contributed by atoms with Crippen LogP contribution >= 0.6 is 12.2 Å². The molecule has 0 saturated carbocycles. The molecular weight excluding hydrogens is 232 g/mol. The van der Waals surface area contributed by atoms with Gasteiger partial charge in [0.15, 0.2) is 0 Å². The molecule has 2 N–H and O–H groups in total. The summed E-state index contributed by atoms with van der Waals surface area (Å²) < 4.78 is 0. The average Bonchev–Trinajstić information content (AvgIpc) is 2.39. The Hall–Kier alpha value is -1.42. The van der Waals surface area contributed by atoms with E-state index < -0.39 is 0 Å². The Morgan fingerprint density at radius 1 is 1.35 bits per heavy atom. The normalized spacial score (nSPS) is 20.0. The fraction of sp³-hybridized carbons (Fsp3) is 0.385. The molecule has 1 amide bonds. The van der Waals surface area contributed by atoms with Crippen LogP contribution < -0.4 is 5.73 Å². The quantitative estimate of drug-likeness (QED) is 0.812. The minimum absolute atomic E-state index is 0.0755. The van der Waals surface area contributed by atoms with Crippen molar-refractivity contribution >= 4 is 23.1 Å². The van der Waals surface area contributed by atoms with E-state index in [4.69, 9.17) is 18.0 Å². The summed E-state index contributed by atoms with van der Waals surface area (Å²) >= 11 is 5.01. The van der Waals surface area contributed by atoms with E-state index in [0.29, 0.717) is 11.5 Å². The van der Waals surface area contributed by atoms with E-state index in [1.165, 1.54) is 0 Å². The summed E-state index contributed by atoms with van der Waals surface area (Å²) in [5.74, 6) is 0.248. The smallest absolute Gasteiger partial charge is 0.253 e. The SMILES string of the molecule is NC(=S)[C@@H]1CCCN(C(=O)c2ccccc2)C1. The minimum Gasteiger partial charge on any atom is -0.393 e. The fourth-order valence-electron chi connectivity index (χ4n) is 2.16. The molecule has 1 heterocycles. The van der Waals surface area contributed by atoms with Crippen LogP contribution in [0.3, 0.4) is 0 Å². The molecule has 1 aliphatic rings. The molecule has 4 heteroatoms. The van der Waals surface area contributed by atoms with Crippen LogP contribution in [0.5, 0.6) is 0 Å². The summed E-state index contributed by atoms with van der Waals surface area (Å²) in [6.45, 7) is 1.45. The van der Waals surface area contributed by atoms with Gasteiger partial charge >= 0.3 is 0 Å². The molecular formula is C13H16N2OS. The van der Waals surface area contributed by atoms with E-state index in [9.17, 15) is 4.79 Å². The fourth-order valence-corrected chi connectivity index (χ4v) is 2.35. The molecule has 2 rings (SSSR count). The largest absolute Gasteiger partial charge is 0.393 e. The molecule has 1 aliphatic heterocycles. The number of rotatable bonds is 2. The molecule has 0 bridgehead atoms. The third-order valence-electron chi connectivity index (χ3n) is 3.13. The first-order valence-corrected chi connectivity index (χ1v) is 6.23. The monoisotopic (exact) mass is 248 g/mol. The summed E-state index contributed by atoms with van der Waals surface area (Å²) in [5, 5.41) is 0. The first kappa shape index (κ1) is 12.0. The molecule has 17 heavy (non-hydrogen) atoms. The molecule has 0 unspecified atom stereocenters. The third-order valence-corrected chi connectivity index (χ3v) is 3.47. The van der Waals surface area contributed by atoms with E-state index in [1.54, 1.807) is 0 Å². The van der Waals surface area contributed by atoms with Crippen LogP contribution in [0.1, 0.15) is 23.2 Å². The Balaban J connectivity index is 2.07. The summed E-state index contributed by atoms with van der Waals surface area (Å²) in [7, 11) is 0. The number of carbonyl (C=O) groups excluding carboxylic acids is 1. The van der Waals surface area contributed by atoms with Crippen molar-refractivity contribution in [2.45, 2.75) is 12.8 Å². The molecule has 0 aliphatic carbocycles. The lowest BCUT2D eigenvalue weighted by atomic mass is 9.97. The lowest BCUT2D eigenvalue weighted by Gasteiger charge is -2.32. The number of piperidine rings is 1. The average molecular weight is 248 g/mol. The van der Waals surface area contributed by atoms with Gasteiger partial charge in [0.25, 0.3) is 5.91 Å². The highest BCUT2D eigenvalue weighted by Crippen LogP contribution is 2.18. The Labute approximate surface area is 107 Å². The number of nitrogens with two attached hydrogens (primary N) is 1. The van der Waals surface area contributed by atoms with Gasteiger partial charge in [0.2, 0.25) is 0 Å². The second kappa shape index (κ2) is 5.27. The van der Waals surface area contributed by atoms with E-state index in [1.807, 2.05) is 35.2 Å². The topological polar surface area (TPSA) is 46.3 Å². The molecule has 1 fully saturated rings. The van der Waals surface area contributed by atoms with Gasteiger partial charge in [0.05, 0.1) is 4.99 Å². The first-order valence-electron chi connectivity index (χ1n) is 5.82. The molecule has 0 radical (unpaired) electrons. The number of thiocarbonyl (C=S) groups is 1. The molecule has 90 valence electrons. The Morgan fingerprint density at radius 3 is 2.71 bits per heavy atom. The van der Waals surface area contributed by atoms with E-state index in [-0.39, 0.29) is 11.8 Å². The van der Waals surface area contributed by atoms with Crippen molar-refractivity contribution in [3.8, 4) is 0 Å². The van der Waals surface area contributed by atoms with Crippen LogP contribution in [-0.4, -0.2) is 28.9 Å². The standard InChI is InChI=1S/C13H16N2OS/c14-12(17)11-7-4-8-15(9-11)13(16)10-5-2-1-3-6-10/h1-3,5-6,11H,4,7-9H2,(H2,14,17)/t11-/m1/s1. The van der Waals surface area contributed by atoms with Gasteiger partial charge in [-0.3, -0.25) is 4.79 Å². The highest BCUT2D eigenvalue weighted by atomic mass is 32.1. The van der Waals surface area contributed by atoms with Gasteiger partial charge in [-0.15, -0.1) is 0 Å². The molecule has 1 saturated heterocycles. The maximum Gasteiger partial charge on any atom is 0.253 e. The Bertz CT molecular complexity index is 419. The number of hydrogen-bond acceptors (Lipinski definition) is 2. The zero-order chi connectivity index (χ0) is 12.3. The zero-order valence-electron chi connectivity index (χ0n) is 9.63. The second-order valence-corrected chi connectivity index (χ2v) is 4.83. The summed E-state index contributed by atoms with van der Waals surface area (Å²) in [4.78, 5) is 14.6.